The van der Waals surface area contributed by atoms with Crippen LogP contribution in [0.5, 0.6) is 0 Å². The summed E-state index contributed by atoms with van der Waals surface area (Å²) in [5.74, 6) is 0. The minimum atomic E-state index is -0.474. The van der Waals surface area contributed by atoms with Gasteiger partial charge in [-0.05, 0) is 31.6 Å². The largest absolute Gasteiger partial charge is 0.389 e. The molecule has 2 saturated heterocycles. The van der Waals surface area contributed by atoms with Gasteiger partial charge in [-0.1, -0.05) is 15.9 Å². The minimum Gasteiger partial charge on any atom is -0.389 e. The van der Waals surface area contributed by atoms with Crippen molar-refractivity contribution >= 4 is 15.9 Å². The molecule has 0 radical (unpaired) electrons. The predicted octanol–water partition coefficient (Wildman–Crippen LogP) is 1.63. The highest BCUT2D eigenvalue weighted by Crippen LogP contribution is 2.35. The van der Waals surface area contributed by atoms with Crippen molar-refractivity contribution in [2.75, 3.05) is 38.2 Å². The summed E-state index contributed by atoms with van der Waals surface area (Å²) >= 11 is 3.66. The third-order valence-corrected chi connectivity index (χ3v) is 5.12. The molecule has 2 aliphatic rings. The van der Waals surface area contributed by atoms with E-state index in [2.05, 4.69) is 20.8 Å². The molecule has 0 bridgehead atoms. The van der Waals surface area contributed by atoms with Crippen molar-refractivity contribution in [3.05, 3.63) is 0 Å². The first-order valence-corrected chi connectivity index (χ1v) is 7.26. The van der Waals surface area contributed by atoms with Gasteiger partial charge in [0.2, 0.25) is 0 Å². The van der Waals surface area contributed by atoms with Crippen LogP contribution in [0.3, 0.4) is 0 Å². The first-order valence-electron chi connectivity index (χ1n) is 6.14. The Kier molecular flexibility index (Phi) is 3.94. The van der Waals surface area contributed by atoms with Crippen LogP contribution in [0, 0.1) is 5.41 Å². The van der Waals surface area contributed by atoms with Gasteiger partial charge in [0.15, 0.2) is 0 Å². The lowest BCUT2D eigenvalue weighted by atomic mass is 9.82. The molecular weight excluding hydrogens is 270 g/mol. The van der Waals surface area contributed by atoms with Crippen LogP contribution in [0.25, 0.3) is 0 Å². The zero-order valence-electron chi connectivity index (χ0n) is 10.0. The van der Waals surface area contributed by atoms with E-state index in [0.717, 1.165) is 57.4 Å². The Morgan fingerprint density at radius 2 is 2.00 bits per heavy atom. The molecule has 16 heavy (non-hydrogen) atoms. The first-order chi connectivity index (χ1) is 7.55. The van der Waals surface area contributed by atoms with E-state index in [1.807, 2.05) is 6.92 Å². The average molecular weight is 292 g/mol. The molecule has 1 N–H and O–H groups in total. The molecule has 2 fully saturated rings. The van der Waals surface area contributed by atoms with Crippen molar-refractivity contribution in [3.8, 4) is 0 Å². The summed E-state index contributed by atoms with van der Waals surface area (Å²) in [6.45, 7) is 6.66. The van der Waals surface area contributed by atoms with Gasteiger partial charge in [-0.25, -0.2) is 0 Å². The van der Waals surface area contributed by atoms with E-state index in [1.165, 1.54) is 0 Å². The molecule has 0 aromatic rings. The minimum absolute atomic E-state index is 0.360. The van der Waals surface area contributed by atoms with Crippen LogP contribution in [0.2, 0.25) is 0 Å². The second kappa shape index (κ2) is 4.92. The van der Waals surface area contributed by atoms with Crippen molar-refractivity contribution in [1.29, 1.82) is 0 Å². The molecule has 0 aromatic carbocycles. The van der Waals surface area contributed by atoms with Crippen molar-refractivity contribution in [2.24, 2.45) is 5.41 Å². The summed E-state index contributed by atoms with van der Waals surface area (Å²) in [5.41, 5.74) is -0.114. The molecule has 2 heterocycles. The second-order valence-corrected chi connectivity index (χ2v) is 6.26. The summed E-state index contributed by atoms with van der Waals surface area (Å²) in [6, 6.07) is 0. The molecule has 0 saturated carbocycles. The van der Waals surface area contributed by atoms with E-state index in [9.17, 15) is 5.11 Å². The molecule has 4 heteroatoms. The molecule has 1 unspecified atom stereocenters. The van der Waals surface area contributed by atoms with Gasteiger partial charge in [0.1, 0.15) is 0 Å². The van der Waals surface area contributed by atoms with Crippen LogP contribution in [0.1, 0.15) is 26.2 Å². The zero-order chi connectivity index (χ0) is 11.6. The van der Waals surface area contributed by atoms with Crippen molar-refractivity contribution in [2.45, 2.75) is 31.8 Å². The van der Waals surface area contributed by atoms with Gasteiger partial charge >= 0.3 is 0 Å². The quantitative estimate of drug-likeness (QED) is 0.803. The van der Waals surface area contributed by atoms with Gasteiger partial charge in [0.05, 0.1) is 5.60 Å². The smallest absolute Gasteiger partial charge is 0.0758 e. The molecular formula is C12H22BrNO2. The van der Waals surface area contributed by atoms with Gasteiger partial charge in [-0.2, -0.15) is 0 Å². The summed E-state index contributed by atoms with van der Waals surface area (Å²) in [5, 5.41) is 11.0. The lowest BCUT2D eigenvalue weighted by molar-refractivity contribution is 0.00551. The highest BCUT2D eigenvalue weighted by molar-refractivity contribution is 9.09. The molecule has 0 spiro atoms. The average Bonchev–Trinajstić information content (AvgIpc) is 2.59. The van der Waals surface area contributed by atoms with Gasteiger partial charge in [-0.3, -0.25) is 4.90 Å². The fourth-order valence-electron chi connectivity index (χ4n) is 2.79. The van der Waals surface area contributed by atoms with Gasteiger partial charge in [-0.15, -0.1) is 0 Å². The Balaban J connectivity index is 1.91. The molecule has 1 atom stereocenters. The SMILES string of the molecule is CC1(O)CCN(CC2(CBr)CCOCC2)C1. The van der Waals surface area contributed by atoms with Crippen LogP contribution in [-0.4, -0.2) is 53.8 Å². The van der Waals surface area contributed by atoms with Gasteiger partial charge in [0, 0.05) is 38.2 Å². The van der Waals surface area contributed by atoms with Crippen molar-refractivity contribution in [3.63, 3.8) is 0 Å². The monoisotopic (exact) mass is 291 g/mol. The first kappa shape index (κ1) is 12.8. The fraction of sp³-hybridized carbons (Fsp3) is 1.00. The number of alkyl halides is 1. The van der Waals surface area contributed by atoms with E-state index in [0.29, 0.717) is 5.41 Å². The summed E-state index contributed by atoms with van der Waals surface area (Å²) in [4.78, 5) is 2.41. The van der Waals surface area contributed by atoms with Crippen LogP contribution >= 0.6 is 15.9 Å². The third-order valence-electron chi connectivity index (χ3n) is 3.93. The molecule has 0 amide bonds. The molecule has 0 aromatic heterocycles. The third kappa shape index (κ3) is 2.97. The fourth-order valence-corrected chi connectivity index (χ4v) is 3.52. The predicted molar refractivity (Wildman–Crippen MR) is 68.0 cm³/mol. The molecule has 94 valence electrons. The Bertz CT molecular complexity index is 239. The lowest BCUT2D eigenvalue weighted by Gasteiger charge is -2.39. The zero-order valence-corrected chi connectivity index (χ0v) is 11.6. The summed E-state index contributed by atoms with van der Waals surface area (Å²) in [7, 11) is 0. The normalized spacial score (nSPS) is 35.4. The van der Waals surface area contributed by atoms with Crippen LogP contribution < -0.4 is 0 Å². The highest BCUT2D eigenvalue weighted by Gasteiger charge is 2.38. The standard InChI is InChI=1S/C12H22BrNO2/c1-11(15)2-5-14(9-11)10-12(8-13)3-6-16-7-4-12/h15H,2-10H2,1H3. The van der Waals surface area contributed by atoms with Crippen molar-refractivity contribution in [1.82, 2.24) is 4.90 Å². The number of rotatable bonds is 3. The number of hydrogen-bond donors (Lipinski definition) is 1. The van der Waals surface area contributed by atoms with Crippen LogP contribution in [0.4, 0.5) is 0 Å². The molecule has 2 aliphatic heterocycles. The maximum absolute atomic E-state index is 9.97. The highest BCUT2D eigenvalue weighted by atomic mass is 79.9. The van der Waals surface area contributed by atoms with E-state index in [1.54, 1.807) is 0 Å². The van der Waals surface area contributed by atoms with Gasteiger partial charge in [0.25, 0.3) is 0 Å². The maximum atomic E-state index is 9.97. The number of aliphatic hydroxyl groups is 1. The number of ether oxygens (including phenoxy) is 1. The van der Waals surface area contributed by atoms with E-state index < -0.39 is 5.60 Å². The Labute approximate surface area is 106 Å². The van der Waals surface area contributed by atoms with E-state index >= 15 is 0 Å². The van der Waals surface area contributed by atoms with Crippen LogP contribution in [0.15, 0.2) is 0 Å². The second-order valence-electron chi connectivity index (χ2n) is 5.70. The summed E-state index contributed by atoms with van der Waals surface area (Å²) in [6.07, 6.45) is 3.18. The molecule has 3 nitrogen and oxygen atoms in total. The van der Waals surface area contributed by atoms with Gasteiger partial charge < -0.3 is 9.84 Å². The number of hydrogen-bond acceptors (Lipinski definition) is 3. The lowest BCUT2D eigenvalue weighted by Crippen LogP contribution is -2.43. The van der Waals surface area contributed by atoms with Crippen molar-refractivity contribution < 1.29 is 9.84 Å². The van der Waals surface area contributed by atoms with E-state index in [4.69, 9.17) is 4.74 Å². The van der Waals surface area contributed by atoms with Crippen LogP contribution in [-0.2, 0) is 4.74 Å². The Hall–Kier alpha value is 0.360. The number of likely N-dealkylation sites (tertiary alicyclic amines) is 1. The number of halogens is 1. The number of nitrogens with zero attached hydrogens (tertiary/aromatic N) is 1. The summed E-state index contributed by atoms with van der Waals surface area (Å²) < 4.78 is 5.44. The Morgan fingerprint density at radius 3 is 2.50 bits per heavy atom. The number of β-amino-alcohol motifs (C(OH)–C–C–N with tert-alkyl or cyclic N) is 1. The topological polar surface area (TPSA) is 32.7 Å². The van der Waals surface area contributed by atoms with E-state index in [-0.39, 0.29) is 0 Å². The molecule has 0 aliphatic carbocycles. The molecule has 2 rings (SSSR count). The Morgan fingerprint density at radius 1 is 1.31 bits per heavy atom. The maximum Gasteiger partial charge on any atom is 0.0758 e.